The fourth-order valence-corrected chi connectivity index (χ4v) is 2.47. The van der Waals surface area contributed by atoms with Crippen LogP contribution in [0.5, 0.6) is 0 Å². The smallest absolute Gasteiger partial charge is 0.255 e. The van der Waals surface area contributed by atoms with Crippen molar-refractivity contribution in [1.82, 2.24) is 9.88 Å². The molecule has 1 aromatic rings. The fourth-order valence-electron chi connectivity index (χ4n) is 1.40. The fraction of sp³-hybridized carbons (Fsp3) is 0.625. The second-order valence-corrected chi connectivity index (χ2v) is 4.34. The molecule has 1 aliphatic rings. The molecule has 0 N–H and O–H groups in total. The van der Waals surface area contributed by atoms with Gasteiger partial charge in [0.05, 0.1) is 6.20 Å². The van der Waals surface area contributed by atoms with Crippen LogP contribution in [0.15, 0.2) is 22.1 Å². The highest BCUT2D eigenvalue weighted by Crippen LogP contribution is 2.27. The Morgan fingerprint density at radius 3 is 3.25 bits per heavy atom. The van der Waals surface area contributed by atoms with Crippen LogP contribution in [0.3, 0.4) is 0 Å². The van der Waals surface area contributed by atoms with Gasteiger partial charge in [-0.1, -0.05) is 11.8 Å². The molecular formula is C8H12N2OS. The summed E-state index contributed by atoms with van der Waals surface area (Å²) in [6.07, 6.45) is 4.56. The van der Waals surface area contributed by atoms with Gasteiger partial charge in [-0.15, -0.1) is 0 Å². The topological polar surface area (TPSA) is 29.3 Å². The first-order valence-corrected chi connectivity index (χ1v) is 4.97. The second kappa shape index (κ2) is 3.49. The quantitative estimate of drug-likeness (QED) is 0.696. The van der Waals surface area contributed by atoms with Gasteiger partial charge >= 0.3 is 0 Å². The van der Waals surface area contributed by atoms with Crippen molar-refractivity contribution in [2.75, 3.05) is 20.1 Å². The van der Waals surface area contributed by atoms with Crippen LogP contribution in [-0.4, -0.2) is 35.3 Å². The van der Waals surface area contributed by atoms with Gasteiger partial charge < -0.3 is 9.32 Å². The van der Waals surface area contributed by atoms with Crippen LogP contribution in [0.25, 0.3) is 0 Å². The van der Waals surface area contributed by atoms with Gasteiger partial charge in [0.25, 0.3) is 5.22 Å². The zero-order valence-electron chi connectivity index (χ0n) is 7.06. The van der Waals surface area contributed by atoms with Crippen molar-refractivity contribution in [2.24, 2.45) is 0 Å². The number of oxazole rings is 1. The maximum absolute atomic E-state index is 5.16. The predicted molar refractivity (Wildman–Crippen MR) is 48.3 cm³/mol. The van der Waals surface area contributed by atoms with E-state index in [1.807, 2.05) is 0 Å². The molecule has 1 aromatic heterocycles. The van der Waals surface area contributed by atoms with Crippen molar-refractivity contribution in [2.45, 2.75) is 16.9 Å². The highest BCUT2D eigenvalue weighted by Gasteiger charge is 2.21. The van der Waals surface area contributed by atoms with E-state index in [0.717, 1.165) is 11.8 Å². The van der Waals surface area contributed by atoms with Crippen molar-refractivity contribution < 1.29 is 4.42 Å². The first-order valence-electron chi connectivity index (χ1n) is 4.09. The molecule has 1 aliphatic heterocycles. The Labute approximate surface area is 76.1 Å². The largest absolute Gasteiger partial charge is 0.440 e. The lowest BCUT2D eigenvalue weighted by molar-refractivity contribution is 0.418. The number of hydrogen-bond acceptors (Lipinski definition) is 4. The number of hydrogen-bond donors (Lipinski definition) is 0. The third kappa shape index (κ3) is 1.81. The molecule has 1 unspecified atom stereocenters. The Kier molecular flexibility index (Phi) is 2.37. The lowest BCUT2D eigenvalue weighted by atomic mass is 10.4. The minimum atomic E-state index is 0.661. The van der Waals surface area contributed by atoms with Gasteiger partial charge in [0.15, 0.2) is 0 Å². The van der Waals surface area contributed by atoms with Crippen molar-refractivity contribution in [1.29, 1.82) is 0 Å². The maximum Gasteiger partial charge on any atom is 0.255 e. The van der Waals surface area contributed by atoms with E-state index in [2.05, 4.69) is 16.9 Å². The highest BCUT2D eigenvalue weighted by atomic mass is 32.2. The van der Waals surface area contributed by atoms with Gasteiger partial charge in [-0.25, -0.2) is 4.98 Å². The number of rotatable bonds is 2. The van der Waals surface area contributed by atoms with Gasteiger partial charge in [0, 0.05) is 11.8 Å². The summed E-state index contributed by atoms with van der Waals surface area (Å²) in [5, 5.41) is 1.46. The van der Waals surface area contributed by atoms with E-state index in [4.69, 9.17) is 4.42 Å². The van der Waals surface area contributed by atoms with Crippen LogP contribution in [0.1, 0.15) is 6.42 Å². The molecule has 0 aromatic carbocycles. The second-order valence-electron chi connectivity index (χ2n) is 3.09. The molecular weight excluding hydrogens is 172 g/mol. The van der Waals surface area contributed by atoms with Crippen LogP contribution in [-0.2, 0) is 0 Å². The first kappa shape index (κ1) is 8.13. The Hall–Kier alpha value is -0.480. The van der Waals surface area contributed by atoms with E-state index in [1.54, 1.807) is 24.2 Å². The molecule has 2 heterocycles. The molecule has 4 heteroatoms. The molecule has 0 saturated carbocycles. The van der Waals surface area contributed by atoms with E-state index in [0.29, 0.717) is 5.25 Å². The Balaban J connectivity index is 1.88. The minimum Gasteiger partial charge on any atom is -0.440 e. The standard InChI is InChI=1S/C8H12N2OS/c1-10-4-2-7(6-10)12-8-9-3-5-11-8/h3,5,7H,2,4,6H2,1H3. The summed E-state index contributed by atoms with van der Waals surface area (Å²) in [4.78, 5) is 6.42. The van der Waals surface area contributed by atoms with Crippen LogP contribution in [0.2, 0.25) is 0 Å². The van der Waals surface area contributed by atoms with E-state index < -0.39 is 0 Å². The average Bonchev–Trinajstić information content (AvgIpc) is 2.63. The van der Waals surface area contributed by atoms with Crippen LogP contribution < -0.4 is 0 Å². The number of likely N-dealkylation sites (tertiary alicyclic amines) is 1. The van der Waals surface area contributed by atoms with Gasteiger partial charge in [0.2, 0.25) is 0 Å². The molecule has 1 saturated heterocycles. The molecule has 0 spiro atoms. The van der Waals surface area contributed by atoms with E-state index in [1.165, 1.54) is 13.0 Å². The van der Waals surface area contributed by atoms with E-state index >= 15 is 0 Å². The monoisotopic (exact) mass is 184 g/mol. The molecule has 0 amide bonds. The predicted octanol–water partition coefficient (Wildman–Crippen LogP) is 1.47. The summed E-state index contributed by atoms with van der Waals surface area (Å²) in [6, 6.07) is 0. The molecule has 1 atom stereocenters. The van der Waals surface area contributed by atoms with E-state index in [9.17, 15) is 0 Å². The molecule has 1 fully saturated rings. The molecule has 0 radical (unpaired) electrons. The summed E-state index contributed by atoms with van der Waals surface area (Å²) in [5.41, 5.74) is 0. The lowest BCUT2D eigenvalue weighted by Crippen LogP contribution is -2.14. The molecule has 3 nitrogen and oxygen atoms in total. The maximum atomic E-state index is 5.16. The highest BCUT2D eigenvalue weighted by molar-refractivity contribution is 7.99. The lowest BCUT2D eigenvalue weighted by Gasteiger charge is -2.06. The Bertz CT molecular complexity index is 237. The molecule has 2 rings (SSSR count). The van der Waals surface area contributed by atoms with E-state index in [-0.39, 0.29) is 0 Å². The third-order valence-electron chi connectivity index (χ3n) is 2.03. The van der Waals surface area contributed by atoms with Gasteiger partial charge in [-0.2, -0.15) is 0 Å². The average molecular weight is 184 g/mol. The summed E-state index contributed by atoms with van der Waals surface area (Å²) in [7, 11) is 2.15. The third-order valence-corrected chi connectivity index (χ3v) is 3.15. The number of nitrogens with zero attached hydrogens (tertiary/aromatic N) is 2. The van der Waals surface area contributed by atoms with Crippen LogP contribution in [0.4, 0.5) is 0 Å². The van der Waals surface area contributed by atoms with Crippen molar-refractivity contribution in [3.63, 3.8) is 0 Å². The Morgan fingerprint density at radius 2 is 2.67 bits per heavy atom. The molecule has 66 valence electrons. The molecule has 0 bridgehead atoms. The zero-order chi connectivity index (χ0) is 8.39. The minimum absolute atomic E-state index is 0.661. The summed E-state index contributed by atoms with van der Waals surface area (Å²) >= 11 is 1.74. The summed E-state index contributed by atoms with van der Waals surface area (Å²) < 4.78 is 5.16. The molecule has 0 aliphatic carbocycles. The SMILES string of the molecule is CN1CCC(Sc2ncco2)C1. The van der Waals surface area contributed by atoms with Gasteiger partial charge in [-0.05, 0) is 20.0 Å². The number of thioether (sulfide) groups is 1. The van der Waals surface area contributed by atoms with Crippen molar-refractivity contribution in [3.05, 3.63) is 12.5 Å². The van der Waals surface area contributed by atoms with Gasteiger partial charge in [-0.3, -0.25) is 0 Å². The first-order chi connectivity index (χ1) is 5.84. The molecule has 12 heavy (non-hydrogen) atoms. The number of aromatic nitrogens is 1. The normalized spacial score (nSPS) is 24.9. The van der Waals surface area contributed by atoms with Crippen molar-refractivity contribution in [3.8, 4) is 0 Å². The van der Waals surface area contributed by atoms with Crippen molar-refractivity contribution >= 4 is 11.8 Å². The van der Waals surface area contributed by atoms with Crippen LogP contribution in [0, 0.1) is 0 Å². The zero-order valence-corrected chi connectivity index (χ0v) is 7.88. The Morgan fingerprint density at radius 1 is 1.75 bits per heavy atom. The summed E-state index contributed by atoms with van der Waals surface area (Å²) in [6.45, 7) is 2.34. The van der Waals surface area contributed by atoms with Crippen LogP contribution >= 0.6 is 11.8 Å². The summed E-state index contributed by atoms with van der Waals surface area (Å²) in [5.74, 6) is 0. The van der Waals surface area contributed by atoms with Gasteiger partial charge in [0.1, 0.15) is 6.26 Å².